The minimum atomic E-state index is -1.29. The van der Waals surface area contributed by atoms with Crippen LogP contribution in [0.1, 0.15) is 10.4 Å². The number of nitrogens with one attached hydrogen (secondary N) is 1. The van der Waals surface area contributed by atoms with Gasteiger partial charge in [-0.05, 0) is 24.3 Å². The largest absolute Gasteiger partial charge is 0.478 e. The molecule has 108 valence electrons. The van der Waals surface area contributed by atoms with Gasteiger partial charge in [0.2, 0.25) is 5.91 Å². The molecule has 0 heterocycles. The Kier molecular flexibility index (Phi) is 4.94. The topological polar surface area (TPSA) is 66.4 Å². The molecule has 0 spiro atoms. The molecule has 0 atom stereocenters. The van der Waals surface area contributed by atoms with Gasteiger partial charge in [0.05, 0.1) is 17.0 Å². The fraction of sp³-hybridized carbons (Fsp3) is 0.0667. The van der Waals surface area contributed by atoms with Gasteiger partial charge in [0.25, 0.3) is 0 Å². The minimum absolute atomic E-state index is 0.0669. The lowest BCUT2D eigenvalue weighted by atomic mass is 10.1. The van der Waals surface area contributed by atoms with Crippen LogP contribution in [0.4, 0.5) is 10.1 Å². The van der Waals surface area contributed by atoms with Gasteiger partial charge in [0.15, 0.2) is 0 Å². The number of benzene rings is 2. The summed E-state index contributed by atoms with van der Waals surface area (Å²) in [5, 5.41) is 11.3. The molecule has 0 saturated carbocycles. The van der Waals surface area contributed by atoms with Gasteiger partial charge in [0, 0.05) is 4.90 Å². The molecule has 1 amide bonds. The van der Waals surface area contributed by atoms with Gasteiger partial charge in [-0.15, -0.1) is 11.8 Å². The van der Waals surface area contributed by atoms with E-state index in [2.05, 4.69) is 5.32 Å². The predicted octanol–water partition coefficient (Wildman–Crippen LogP) is 3.25. The van der Waals surface area contributed by atoms with Gasteiger partial charge >= 0.3 is 5.97 Å². The molecule has 0 radical (unpaired) electrons. The summed E-state index contributed by atoms with van der Waals surface area (Å²) in [6.45, 7) is 0. The van der Waals surface area contributed by atoms with E-state index in [1.807, 2.05) is 30.3 Å². The van der Waals surface area contributed by atoms with Gasteiger partial charge in [-0.2, -0.15) is 0 Å². The van der Waals surface area contributed by atoms with Crippen molar-refractivity contribution in [3.05, 3.63) is 59.9 Å². The fourth-order valence-electron chi connectivity index (χ4n) is 1.67. The maximum absolute atomic E-state index is 13.6. The quantitative estimate of drug-likeness (QED) is 0.832. The molecule has 0 saturated heterocycles. The second kappa shape index (κ2) is 6.90. The van der Waals surface area contributed by atoms with Gasteiger partial charge in [0.1, 0.15) is 5.82 Å². The Morgan fingerprint density at radius 3 is 2.48 bits per heavy atom. The standard InChI is InChI=1S/C15H12FNO3S/c16-12-8-4-7-11(15(19)20)14(12)17-13(18)9-21-10-5-2-1-3-6-10/h1-8H,9H2,(H,17,18)(H,19,20). The van der Waals surface area contributed by atoms with Crippen molar-refractivity contribution in [2.75, 3.05) is 11.1 Å². The van der Waals surface area contributed by atoms with E-state index in [1.54, 1.807) is 0 Å². The second-order valence-corrected chi connectivity index (χ2v) is 5.17. The Balaban J connectivity index is 2.05. The number of halogens is 1. The zero-order valence-corrected chi connectivity index (χ0v) is 11.7. The zero-order chi connectivity index (χ0) is 15.2. The normalized spacial score (nSPS) is 10.1. The summed E-state index contributed by atoms with van der Waals surface area (Å²) in [5.74, 6) is -2.46. The first kappa shape index (κ1) is 15.1. The third-order valence-corrected chi connectivity index (χ3v) is 3.63. The molecule has 2 N–H and O–H groups in total. The molecule has 0 aromatic heterocycles. The van der Waals surface area contributed by atoms with Crippen LogP contribution in [-0.2, 0) is 4.79 Å². The smallest absolute Gasteiger partial charge is 0.337 e. The Hall–Kier alpha value is -2.34. The highest BCUT2D eigenvalue weighted by atomic mass is 32.2. The van der Waals surface area contributed by atoms with Crippen LogP contribution in [0.5, 0.6) is 0 Å². The van der Waals surface area contributed by atoms with Crippen molar-refractivity contribution in [2.24, 2.45) is 0 Å². The van der Waals surface area contributed by atoms with Crippen LogP contribution in [0, 0.1) is 5.82 Å². The third-order valence-electron chi connectivity index (χ3n) is 2.62. The number of carboxylic acids is 1. The number of carbonyl (C=O) groups is 2. The SMILES string of the molecule is O=C(CSc1ccccc1)Nc1c(F)cccc1C(=O)O. The number of hydrogen-bond donors (Lipinski definition) is 2. The number of amides is 1. The number of anilines is 1. The molecule has 2 aromatic rings. The summed E-state index contributed by atoms with van der Waals surface area (Å²) in [6, 6.07) is 12.9. The molecule has 2 aromatic carbocycles. The number of aromatic carboxylic acids is 1. The number of carboxylic acid groups (broad SMARTS) is 1. The average Bonchev–Trinajstić information content (AvgIpc) is 2.48. The van der Waals surface area contributed by atoms with E-state index in [4.69, 9.17) is 5.11 Å². The lowest BCUT2D eigenvalue weighted by molar-refractivity contribution is -0.113. The summed E-state index contributed by atoms with van der Waals surface area (Å²) in [4.78, 5) is 23.7. The van der Waals surface area contributed by atoms with E-state index in [-0.39, 0.29) is 17.0 Å². The van der Waals surface area contributed by atoms with Crippen LogP contribution in [0.2, 0.25) is 0 Å². The van der Waals surface area contributed by atoms with Crippen molar-refractivity contribution in [1.82, 2.24) is 0 Å². The Morgan fingerprint density at radius 1 is 1.10 bits per heavy atom. The lowest BCUT2D eigenvalue weighted by Gasteiger charge is -2.09. The molecule has 0 unspecified atom stereocenters. The molecule has 0 fully saturated rings. The van der Waals surface area contributed by atoms with Crippen molar-refractivity contribution in [3.63, 3.8) is 0 Å². The maximum atomic E-state index is 13.6. The number of hydrogen-bond acceptors (Lipinski definition) is 3. The van der Waals surface area contributed by atoms with E-state index in [9.17, 15) is 14.0 Å². The van der Waals surface area contributed by atoms with Crippen molar-refractivity contribution in [1.29, 1.82) is 0 Å². The van der Waals surface area contributed by atoms with Gasteiger partial charge < -0.3 is 10.4 Å². The minimum Gasteiger partial charge on any atom is -0.478 e. The summed E-state index contributed by atoms with van der Waals surface area (Å²) in [5.41, 5.74) is -0.572. The van der Waals surface area contributed by atoms with Crippen LogP contribution >= 0.6 is 11.8 Å². The predicted molar refractivity (Wildman–Crippen MR) is 79.2 cm³/mol. The van der Waals surface area contributed by atoms with Crippen molar-refractivity contribution < 1.29 is 19.1 Å². The highest BCUT2D eigenvalue weighted by Gasteiger charge is 2.16. The molecule has 4 nitrogen and oxygen atoms in total. The summed E-state index contributed by atoms with van der Waals surface area (Å²) >= 11 is 1.29. The summed E-state index contributed by atoms with van der Waals surface area (Å²) < 4.78 is 13.6. The molecule has 0 aliphatic rings. The van der Waals surface area contributed by atoms with Crippen LogP contribution < -0.4 is 5.32 Å². The number of para-hydroxylation sites is 1. The average molecular weight is 305 g/mol. The van der Waals surface area contributed by atoms with Gasteiger partial charge in [-0.1, -0.05) is 24.3 Å². The molecule has 6 heteroatoms. The van der Waals surface area contributed by atoms with Gasteiger partial charge in [-0.3, -0.25) is 4.79 Å². The number of carbonyl (C=O) groups excluding carboxylic acids is 1. The molecule has 2 rings (SSSR count). The van der Waals surface area contributed by atoms with E-state index in [0.29, 0.717) is 0 Å². The maximum Gasteiger partial charge on any atom is 0.337 e. The monoisotopic (exact) mass is 305 g/mol. The zero-order valence-electron chi connectivity index (χ0n) is 10.9. The molecular weight excluding hydrogens is 293 g/mol. The van der Waals surface area contributed by atoms with Crippen molar-refractivity contribution >= 4 is 29.3 Å². The van der Waals surface area contributed by atoms with E-state index < -0.39 is 17.7 Å². The number of thioether (sulfide) groups is 1. The first-order valence-corrected chi connectivity index (χ1v) is 7.06. The van der Waals surface area contributed by atoms with E-state index in [0.717, 1.165) is 11.0 Å². The summed E-state index contributed by atoms with van der Waals surface area (Å²) in [6.07, 6.45) is 0. The molecular formula is C15H12FNO3S. The van der Waals surface area contributed by atoms with Crippen molar-refractivity contribution in [3.8, 4) is 0 Å². The van der Waals surface area contributed by atoms with Crippen LogP contribution in [-0.4, -0.2) is 22.7 Å². The Morgan fingerprint density at radius 2 is 1.81 bits per heavy atom. The number of rotatable bonds is 5. The molecule has 0 aliphatic heterocycles. The highest BCUT2D eigenvalue weighted by Crippen LogP contribution is 2.21. The van der Waals surface area contributed by atoms with Gasteiger partial charge in [-0.25, -0.2) is 9.18 Å². The summed E-state index contributed by atoms with van der Waals surface area (Å²) in [7, 11) is 0. The fourth-order valence-corrected chi connectivity index (χ4v) is 2.39. The molecule has 0 bridgehead atoms. The van der Waals surface area contributed by atoms with Crippen LogP contribution in [0.3, 0.4) is 0 Å². The Labute approximate surface area is 125 Å². The van der Waals surface area contributed by atoms with Crippen LogP contribution in [0.15, 0.2) is 53.4 Å². The first-order valence-electron chi connectivity index (χ1n) is 6.07. The molecule has 0 aliphatic carbocycles. The second-order valence-electron chi connectivity index (χ2n) is 4.12. The highest BCUT2D eigenvalue weighted by molar-refractivity contribution is 8.00. The van der Waals surface area contributed by atoms with E-state index in [1.165, 1.54) is 23.9 Å². The lowest BCUT2D eigenvalue weighted by Crippen LogP contribution is -2.17. The Bertz CT molecular complexity index is 661. The molecule has 21 heavy (non-hydrogen) atoms. The van der Waals surface area contributed by atoms with Crippen LogP contribution in [0.25, 0.3) is 0 Å². The third kappa shape index (κ3) is 4.06. The van der Waals surface area contributed by atoms with Crippen molar-refractivity contribution in [2.45, 2.75) is 4.90 Å². The first-order chi connectivity index (χ1) is 10.1. The van der Waals surface area contributed by atoms with E-state index >= 15 is 0 Å².